The van der Waals surface area contributed by atoms with Gasteiger partial charge >= 0.3 is 11.9 Å². The fourth-order valence-corrected chi connectivity index (χ4v) is 3.84. The molecule has 1 N–H and O–H groups in total. The van der Waals surface area contributed by atoms with Crippen molar-refractivity contribution in [2.45, 2.75) is 39.2 Å². The highest BCUT2D eigenvalue weighted by Crippen LogP contribution is 2.53. The molecule has 0 aliphatic heterocycles. The second-order valence-electron chi connectivity index (χ2n) is 6.65. The van der Waals surface area contributed by atoms with E-state index in [0.29, 0.717) is 6.42 Å². The molecule has 23 heavy (non-hydrogen) atoms. The molecule has 0 saturated heterocycles. The van der Waals surface area contributed by atoms with Crippen molar-refractivity contribution in [2.24, 2.45) is 23.7 Å². The maximum Gasteiger partial charge on any atom is 0.310 e. The molecule has 2 aliphatic rings. The number of hydrogen-bond acceptors (Lipinski definition) is 5. The number of rotatable bonds is 5. The number of carbonyl (C=O) groups is 2. The standard InChI is InChI=1S/C18H26O5/c1-10(2)6-5-7-11-8-12-13(9-14(11)19)16(18(21)23-4)15(12)17(20)22-3/h6,8,12-16,19H,5,7,9H2,1-4H3/t12?,13-,14?,15?,16?/m1/s1. The maximum atomic E-state index is 12.0. The molecule has 0 bridgehead atoms. The molecule has 5 atom stereocenters. The molecule has 0 aromatic heterocycles. The minimum Gasteiger partial charge on any atom is -0.469 e. The highest BCUT2D eigenvalue weighted by Gasteiger charge is 2.59. The van der Waals surface area contributed by atoms with Gasteiger partial charge in [0.2, 0.25) is 0 Å². The van der Waals surface area contributed by atoms with Crippen molar-refractivity contribution < 1.29 is 24.2 Å². The van der Waals surface area contributed by atoms with E-state index in [1.807, 2.05) is 19.9 Å². The van der Waals surface area contributed by atoms with Crippen molar-refractivity contribution in [3.63, 3.8) is 0 Å². The molecule has 2 aliphatic carbocycles. The van der Waals surface area contributed by atoms with Crippen molar-refractivity contribution in [3.05, 3.63) is 23.3 Å². The monoisotopic (exact) mass is 322 g/mol. The number of esters is 2. The zero-order valence-corrected chi connectivity index (χ0v) is 14.2. The van der Waals surface area contributed by atoms with Crippen LogP contribution in [0.15, 0.2) is 23.3 Å². The van der Waals surface area contributed by atoms with E-state index in [-0.39, 0.29) is 17.8 Å². The Labute approximate surface area is 137 Å². The van der Waals surface area contributed by atoms with Gasteiger partial charge in [0.25, 0.3) is 0 Å². The Morgan fingerprint density at radius 2 is 1.83 bits per heavy atom. The summed E-state index contributed by atoms with van der Waals surface area (Å²) in [5.41, 5.74) is 2.21. The van der Waals surface area contributed by atoms with Gasteiger partial charge in [0.05, 0.1) is 32.2 Å². The summed E-state index contributed by atoms with van der Waals surface area (Å²) in [5, 5.41) is 10.4. The van der Waals surface area contributed by atoms with Gasteiger partial charge in [-0.05, 0) is 50.5 Å². The minimum absolute atomic E-state index is 0.0448. The van der Waals surface area contributed by atoms with Crippen LogP contribution in [0.5, 0.6) is 0 Å². The average Bonchev–Trinajstić information content (AvgIpc) is 2.51. The van der Waals surface area contributed by atoms with Crippen molar-refractivity contribution in [1.82, 2.24) is 0 Å². The van der Waals surface area contributed by atoms with Crippen molar-refractivity contribution in [3.8, 4) is 0 Å². The molecule has 0 aromatic rings. The molecule has 0 aromatic carbocycles. The Kier molecular flexibility index (Phi) is 5.63. The van der Waals surface area contributed by atoms with E-state index in [9.17, 15) is 14.7 Å². The first-order chi connectivity index (χ1) is 10.9. The molecule has 5 nitrogen and oxygen atoms in total. The molecule has 5 heteroatoms. The molecule has 0 heterocycles. The molecule has 4 unspecified atom stereocenters. The first-order valence-corrected chi connectivity index (χ1v) is 8.08. The van der Waals surface area contributed by atoms with Crippen LogP contribution < -0.4 is 0 Å². The topological polar surface area (TPSA) is 72.8 Å². The van der Waals surface area contributed by atoms with Gasteiger partial charge in [0.1, 0.15) is 0 Å². The highest BCUT2D eigenvalue weighted by molar-refractivity contribution is 5.85. The normalized spacial score (nSPS) is 32.0. The number of fused-ring (bicyclic) bond motifs is 1. The summed E-state index contributed by atoms with van der Waals surface area (Å²) in [4.78, 5) is 24.0. The smallest absolute Gasteiger partial charge is 0.310 e. The van der Waals surface area contributed by atoms with E-state index < -0.39 is 23.9 Å². The van der Waals surface area contributed by atoms with E-state index in [1.54, 1.807) is 0 Å². The molecular weight excluding hydrogens is 296 g/mol. The van der Waals surface area contributed by atoms with Gasteiger partial charge in [-0.3, -0.25) is 9.59 Å². The summed E-state index contributed by atoms with van der Waals surface area (Å²) in [7, 11) is 2.66. The Balaban J connectivity index is 2.17. The number of methoxy groups -OCH3 is 2. The quantitative estimate of drug-likeness (QED) is 0.621. The predicted molar refractivity (Wildman–Crippen MR) is 85.4 cm³/mol. The number of aliphatic hydroxyl groups excluding tert-OH is 1. The Morgan fingerprint density at radius 1 is 1.22 bits per heavy atom. The van der Waals surface area contributed by atoms with E-state index in [0.717, 1.165) is 18.4 Å². The zero-order chi connectivity index (χ0) is 17.1. The maximum absolute atomic E-state index is 12.0. The second-order valence-corrected chi connectivity index (χ2v) is 6.65. The first kappa shape index (κ1) is 17.7. The van der Waals surface area contributed by atoms with Gasteiger partial charge in [-0.15, -0.1) is 0 Å². The van der Waals surface area contributed by atoms with Crippen LogP contribution >= 0.6 is 0 Å². The summed E-state index contributed by atoms with van der Waals surface area (Å²) in [6, 6.07) is 0. The lowest BCUT2D eigenvalue weighted by atomic mass is 9.52. The fraction of sp³-hybridized carbons (Fsp3) is 0.667. The Hall–Kier alpha value is -1.62. The summed E-state index contributed by atoms with van der Waals surface area (Å²) < 4.78 is 9.68. The number of ether oxygens (including phenoxy) is 2. The van der Waals surface area contributed by atoms with E-state index in [4.69, 9.17) is 9.47 Å². The third-order valence-corrected chi connectivity index (χ3v) is 5.02. The molecule has 0 radical (unpaired) electrons. The lowest BCUT2D eigenvalue weighted by Crippen LogP contribution is -2.56. The van der Waals surface area contributed by atoms with Crippen LogP contribution in [0.1, 0.15) is 33.1 Å². The predicted octanol–water partition coefficient (Wildman–Crippen LogP) is 2.25. The molecular formula is C18H26O5. The van der Waals surface area contributed by atoms with Gasteiger partial charge in [-0.2, -0.15) is 0 Å². The molecule has 0 amide bonds. The van der Waals surface area contributed by atoms with Crippen LogP contribution in [-0.4, -0.2) is 37.4 Å². The van der Waals surface area contributed by atoms with E-state index in [2.05, 4.69) is 6.08 Å². The largest absolute Gasteiger partial charge is 0.469 e. The van der Waals surface area contributed by atoms with Crippen LogP contribution in [-0.2, 0) is 19.1 Å². The third kappa shape index (κ3) is 3.50. The lowest BCUT2D eigenvalue weighted by molar-refractivity contribution is -0.178. The zero-order valence-electron chi connectivity index (χ0n) is 14.2. The minimum atomic E-state index is -0.549. The van der Waals surface area contributed by atoms with Crippen LogP contribution in [0, 0.1) is 23.7 Å². The summed E-state index contributed by atoms with van der Waals surface area (Å²) in [6.45, 7) is 4.09. The molecule has 1 fully saturated rings. The van der Waals surface area contributed by atoms with Crippen LogP contribution in [0.2, 0.25) is 0 Å². The number of allylic oxidation sites excluding steroid dienone is 3. The number of hydrogen-bond donors (Lipinski definition) is 1. The van der Waals surface area contributed by atoms with Crippen LogP contribution in [0.25, 0.3) is 0 Å². The summed E-state index contributed by atoms with van der Waals surface area (Å²) in [6.07, 6.45) is 5.71. The van der Waals surface area contributed by atoms with Gasteiger partial charge in [0.15, 0.2) is 0 Å². The SMILES string of the molecule is COC(=O)C1C2C=C(CCC=C(C)C)C(O)C[C@H]2C1C(=O)OC. The molecule has 0 spiro atoms. The second kappa shape index (κ2) is 7.30. The van der Waals surface area contributed by atoms with Crippen LogP contribution in [0.3, 0.4) is 0 Å². The third-order valence-electron chi connectivity index (χ3n) is 5.02. The van der Waals surface area contributed by atoms with Crippen molar-refractivity contribution in [2.75, 3.05) is 14.2 Å². The molecule has 128 valence electrons. The van der Waals surface area contributed by atoms with Crippen molar-refractivity contribution in [1.29, 1.82) is 0 Å². The molecule has 1 saturated carbocycles. The lowest BCUT2D eigenvalue weighted by Gasteiger charge is -2.51. The fourth-order valence-electron chi connectivity index (χ4n) is 3.84. The van der Waals surface area contributed by atoms with Crippen LogP contribution in [0.4, 0.5) is 0 Å². The number of aliphatic hydroxyl groups is 1. The van der Waals surface area contributed by atoms with Gasteiger partial charge in [-0.25, -0.2) is 0 Å². The van der Waals surface area contributed by atoms with E-state index >= 15 is 0 Å². The van der Waals surface area contributed by atoms with E-state index in [1.165, 1.54) is 19.8 Å². The molecule has 2 rings (SSSR count). The summed E-state index contributed by atoms with van der Waals surface area (Å²) >= 11 is 0. The highest BCUT2D eigenvalue weighted by atomic mass is 16.5. The van der Waals surface area contributed by atoms with Gasteiger partial charge in [-0.1, -0.05) is 17.7 Å². The van der Waals surface area contributed by atoms with Gasteiger partial charge < -0.3 is 14.6 Å². The first-order valence-electron chi connectivity index (χ1n) is 8.08. The Morgan fingerprint density at radius 3 is 2.39 bits per heavy atom. The average molecular weight is 322 g/mol. The Bertz CT molecular complexity index is 530. The van der Waals surface area contributed by atoms with Crippen molar-refractivity contribution >= 4 is 11.9 Å². The van der Waals surface area contributed by atoms with Gasteiger partial charge in [0, 0.05) is 0 Å². The summed E-state index contributed by atoms with van der Waals surface area (Å²) in [5.74, 6) is -1.87. The number of carbonyl (C=O) groups excluding carboxylic acids is 2.